The number of nitrogens with zero attached hydrogens (tertiary/aromatic N) is 5. The lowest BCUT2D eigenvalue weighted by atomic mass is 9.97. The Morgan fingerprint density at radius 3 is 2.78 bits per heavy atom. The van der Waals surface area contributed by atoms with Crippen LogP contribution in [0.2, 0.25) is 0 Å². The van der Waals surface area contributed by atoms with Crippen LogP contribution in [-0.4, -0.2) is 70.9 Å². The number of morpholine rings is 1. The van der Waals surface area contributed by atoms with Crippen LogP contribution in [0, 0.1) is 5.92 Å². The van der Waals surface area contributed by atoms with Gasteiger partial charge in [-0.2, -0.15) is 15.0 Å². The first-order valence-corrected chi connectivity index (χ1v) is 13.4. The molecule has 200 valence electrons. The minimum atomic E-state index is -0.170. The molecule has 0 saturated carbocycles. The molecule has 1 amide bonds. The Morgan fingerprint density at radius 2 is 2.05 bits per heavy atom. The minimum absolute atomic E-state index is 0.170. The number of amides is 1. The molecule has 3 rings (SSSR count). The molecule has 0 aromatic carbocycles. The third-order valence-electron chi connectivity index (χ3n) is 6.23. The number of anilines is 1. The zero-order valence-electron chi connectivity index (χ0n) is 22.7. The Hall–Kier alpha value is -3.17. The van der Waals surface area contributed by atoms with Gasteiger partial charge in [0.05, 0.1) is 13.2 Å². The maximum Gasteiger partial charge on any atom is 0.255 e. The normalized spacial score (nSPS) is 21.4. The van der Waals surface area contributed by atoms with E-state index in [9.17, 15) is 4.79 Å². The topological polar surface area (TPSA) is 105 Å². The van der Waals surface area contributed by atoms with Gasteiger partial charge in [-0.3, -0.25) is 9.69 Å². The highest BCUT2D eigenvalue weighted by Gasteiger charge is 2.14. The summed E-state index contributed by atoms with van der Waals surface area (Å²) in [7, 11) is 0. The van der Waals surface area contributed by atoms with E-state index in [1.807, 2.05) is 51.2 Å². The molecule has 9 nitrogen and oxygen atoms in total. The molecule has 0 bridgehead atoms. The quantitative estimate of drug-likeness (QED) is 0.362. The number of nitrogens with one attached hydrogen (secondary N) is 2. The van der Waals surface area contributed by atoms with Crippen molar-refractivity contribution in [1.29, 1.82) is 0 Å². The van der Waals surface area contributed by atoms with E-state index >= 15 is 0 Å². The summed E-state index contributed by atoms with van der Waals surface area (Å²) in [6.07, 6.45) is 14.8. The molecule has 2 N–H and O–H groups in total. The number of aryl methyl sites for hydroxylation is 1. The van der Waals surface area contributed by atoms with Crippen molar-refractivity contribution in [2.45, 2.75) is 53.4 Å². The number of aliphatic imine (C=N–C) groups is 1. The molecule has 1 unspecified atom stereocenters. The Bertz CT molecular complexity index is 1050. The van der Waals surface area contributed by atoms with Crippen molar-refractivity contribution in [2.75, 3.05) is 44.7 Å². The molecule has 37 heavy (non-hydrogen) atoms. The smallest absolute Gasteiger partial charge is 0.255 e. The summed E-state index contributed by atoms with van der Waals surface area (Å²) < 4.78 is 5.42. The van der Waals surface area contributed by atoms with Crippen molar-refractivity contribution in [1.82, 2.24) is 25.2 Å². The first-order valence-electron chi connectivity index (χ1n) is 13.4. The van der Waals surface area contributed by atoms with Crippen LogP contribution >= 0.6 is 0 Å². The SMILES string of the molecule is CC=CC(=CC)NC(=O)C1=CC(=Nc2nc(CC)nc(NCCCN3CCOCC3)n2)CCC(C)/C=C\1. The van der Waals surface area contributed by atoms with Gasteiger partial charge in [0.1, 0.15) is 5.82 Å². The van der Waals surface area contributed by atoms with E-state index in [0.29, 0.717) is 35.6 Å². The number of aromatic nitrogens is 3. The predicted molar refractivity (Wildman–Crippen MR) is 149 cm³/mol. The van der Waals surface area contributed by atoms with Crippen LogP contribution in [0.25, 0.3) is 0 Å². The third-order valence-corrected chi connectivity index (χ3v) is 6.23. The molecule has 1 atom stereocenters. The molecule has 1 aliphatic carbocycles. The average molecular weight is 508 g/mol. The van der Waals surface area contributed by atoms with E-state index in [1.54, 1.807) is 0 Å². The van der Waals surface area contributed by atoms with Crippen LogP contribution in [0.4, 0.5) is 11.9 Å². The van der Waals surface area contributed by atoms with E-state index in [0.717, 1.165) is 70.1 Å². The first kappa shape index (κ1) is 28.4. The van der Waals surface area contributed by atoms with Gasteiger partial charge >= 0.3 is 0 Å². The van der Waals surface area contributed by atoms with Crippen molar-refractivity contribution in [3.8, 4) is 0 Å². The lowest BCUT2D eigenvalue weighted by molar-refractivity contribution is -0.116. The van der Waals surface area contributed by atoms with Crippen LogP contribution in [0.3, 0.4) is 0 Å². The number of hydrogen-bond acceptors (Lipinski definition) is 8. The summed E-state index contributed by atoms with van der Waals surface area (Å²) in [6, 6.07) is 0. The Kier molecular flexibility index (Phi) is 11.6. The van der Waals surface area contributed by atoms with E-state index in [-0.39, 0.29) is 5.91 Å². The van der Waals surface area contributed by atoms with Gasteiger partial charge < -0.3 is 15.4 Å². The van der Waals surface area contributed by atoms with E-state index in [4.69, 9.17) is 9.73 Å². The number of rotatable bonds is 10. The molecular formula is C28H41N7O2. The standard InChI is InChI=1S/C28H41N7O2/c1-5-9-23(6-2)30-26(36)22-12-10-21(4)11-13-24(20-22)31-28-33-25(7-3)32-27(34-28)29-14-8-15-35-16-18-37-19-17-35/h5-6,9-10,12,20-21H,7-8,11,13-19H2,1-4H3,(H,30,36)(H,29,32,33,34)/b9-5?,12-10-,22-20?,23-6?,31-24?. The van der Waals surface area contributed by atoms with Gasteiger partial charge in [0.15, 0.2) is 0 Å². The summed E-state index contributed by atoms with van der Waals surface area (Å²) in [6.45, 7) is 13.4. The monoisotopic (exact) mass is 507 g/mol. The van der Waals surface area contributed by atoms with Crippen molar-refractivity contribution in [3.63, 3.8) is 0 Å². The molecule has 1 saturated heterocycles. The average Bonchev–Trinajstić information content (AvgIpc) is 2.90. The second kappa shape index (κ2) is 15.2. The minimum Gasteiger partial charge on any atom is -0.379 e. The predicted octanol–water partition coefficient (Wildman–Crippen LogP) is 4.15. The van der Waals surface area contributed by atoms with Gasteiger partial charge in [0.25, 0.3) is 11.9 Å². The Morgan fingerprint density at radius 1 is 1.24 bits per heavy atom. The van der Waals surface area contributed by atoms with Crippen LogP contribution in [-0.2, 0) is 16.0 Å². The highest BCUT2D eigenvalue weighted by Crippen LogP contribution is 2.18. The van der Waals surface area contributed by atoms with Gasteiger partial charge in [-0.1, -0.05) is 38.2 Å². The summed E-state index contributed by atoms with van der Waals surface area (Å²) in [4.78, 5) is 33.8. The number of carbonyl (C=O) groups is 1. The highest BCUT2D eigenvalue weighted by molar-refractivity contribution is 6.07. The second-order valence-corrected chi connectivity index (χ2v) is 9.24. The molecule has 0 radical (unpaired) electrons. The second-order valence-electron chi connectivity index (χ2n) is 9.24. The zero-order valence-corrected chi connectivity index (χ0v) is 22.7. The Labute approximate surface area is 220 Å². The molecule has 1 aromatic rings. The maximum absolute atomic E-state index is 13.0. The molecule has 1 aliphatic heterocycles. The van der Waals surface area contributed by atoms with Crippen LogP contribution in [0.15, 0.2) is 52.7 Å². The molecule has 1 aromatic heterocycles. The van der Waals surface area contributed by atoms with E-state index in [2.05, 4.69) is 43.5 Å². The number of carbonyl (C=O) groups excluding carboxylic acids is 1. The summed E-state index contributed by atoms with van der Waals surface area (Å²) in [5.41, 5.74) is 2.09. The van der Waals surface area contributed by atoms with Gasteiger partial charge in [-0.15, -0.1) is 0 Å². The van der Waals surface area contributed by atoms with Crippen molar-refractivity contribution in [2.24, 2.45) is 10.9 Å². The van der Waals surface area contributed by atoms with Crippen LogP contribution in [0.5, 0.6) is 0 Å². The van der Waals surface area contributed by atoms with Crippen molar-refractivity contribution >= 4 is 23.5 Å². The van der Waals surface area contributed by atoms with Crippen LogP contribution in [0.1, 0.15) is 52.8 Å². The molecule has 0 spiro atoms. The van der Waals surface area contributed by atoms with Crippen molar-refractivity contribution in [3.05, 3.63) is 53.6 Å². The zero-order chi connectivity index (χ0) is 26.5. The first-order chi connectivity index (χ1) is 18.0. The highest BCUT2D eigenvalue weighted by atomic mass is 16.5. The maximum atomic E-state index is 13.0. The van der Waals surface area contributed by atoms with Gasteiger partial charge in [-0.05, 0) is 57.7 Å². The van der Waals surface area contributed by atoms with Gasteiger partial charge in [0, 0.05) is 43.0 Å². The third kappa shape index (κ3) is 9.66. The molecule has 1 fully saturated rings. The fourth-order valence-corrected chi connectivity index (χ4v) is 4.01. The lowest BCUT2D eigenvalue weighted by Gasteiger charge is -2.26. The summed E-state index contributed by atoms with van der Waals surface area (Å²) in [5, 5.41) is 6.30. The molecule has 2 aliphatic rings. The Balaban J connectivity index is 1.75. The summed E-state index contributed by atoms with van der Waals surface area (Å²) >= 11 is 0. The van der Waals surface area contributed by atoms with E-state index < -0.39 is 0 Å². The fraction of sp³-hybridized carbons (Fsp3) is 0.536. The van der Waals surface area contributed by atoms with E-state index in [1.165, 1.54) is 0 Å². The van der Waals surface area contributed by atoms with Gasteiger partial charge in [-0.25, -0.2) is 4.99 Å². The molecule has 2 heterocycles. The lowest BCUT2D eigenvalue weighted by Crippen LogP contribution is -2.37. The summed E-state index contributed by atoms with van der Waals surface area (Å²) in [5.74, 6) is 1.76. The number of ether oxygens (including phenoxy) is 1. The number of allylic oxidation sites excluding steroid dienone is 5. The van der Waals surface area contributed by atoms with Crippen LogP contribution < -0.4 is 10.6 Å². The number of hydrogen-bond donors (Lipinski definition) is 2. The van der Waals surface area contributed by atoms with Gasteiger partial charge in [0.2, 0.25) is 5.95 Å². The van der Waals surface area contributed by atoms with Crippen molar-refractivity contribution < 1.29 is 9.53 Å². The fourth-order valence-electron chi connectivity index (χ4n) is 4.01. The molecule has 9 heteroatoms. The largest absolute Gasteiger partial charge is 0.379 e. The molecular weight excluding hydrogens is 466 g/mol.